The van der Waals surface area contributed by atoms with E-state index in [0.29, 0.717) is 11.6 Å². The van der Waals surface area contributed by atoms with Crippen LogP contribution in [0.3, 0.4) is 0 Å². The standard InChI is InChI=1S/C15H15Cl2FN2/c1-10-2-3-11(16)8-15(10)20-7-6-19-12-4-5-14(18)13(17)9-12/h2-5,8-9,19-20H,6-7H2,1H3. The molecule has 20 heavy (non-hydrogen) atoms. The molecule has 0 aliphatic carbocycles. The van der Waals surface area contributed by atoms with E-state index in [1.165, 1.54) is 6.07 Å². The molecule has 2 aromatic rings. The van der Waals surface area contributed by atoms with E-state index in [4.69, 9.17) is 23.2 Å². The molecule has 0 unspecified atom stereocenters. The second-order valence-corrected chi connectivity index (χ2v) is 5.29. The first kappa shape index (κ1) is 14.9. The van der Waals surface area contributed by atoms with E-state index >= 15 is 0 Å². The molecule has 0 bridgehead atoms. The lowest BCUT2D eigenvalue weighted by molar-refractivity contribution is 0.628. The third-order valence-corrected chi connectivity index (χ3v) is 3.41. The van der Waals surface area contributed by atoms with Gasteiger partial charge in [0.1, 0.15) is 5.82 Å². The molecule has 0 fully saturated rings. The van der Waals surface area contributed by atoms with Gasteiger partial charge in [-0.25, -0.2) is 4.39 Å². The minimum atomic E-state index is -0.412. The highest BCUT2D eigenvalue weighted by Crippen LogP contribution is 2.20. The Labute approximate surface area is 127 Å². The SMILES string of the molecule is Cc1ccc(Cl)cc1NCCNc1ccc(F)c(Cl)c1. The first-order chi connectivity index (χ1) is 9.56. The smallest absolute Gasteiger partial charge is 0.141 e. The Kier molecular flexibility index (Phi) is 5.10. The fourth-order valence-corrected chi connectivity index (χ4v) is 2.15. The largest absolute Gasteiger partial charge is 0.383 e. The molecule has 0 amide bonds. The van der Waals surface area contributed by atoms with Crippen LogP contribution >= 0.6 is 23.2 Å². The molecular weight excluding hydrogens is 298 g/mol. The third kappa shape index (κ3) is 4.02. The maximum Gasteiger partial charge on any atom is 0.141 e. The van der Waals surface area contributed by atoms with Crippen molar-refractivity contribution in [1.29, 1.82) is 0 Å². The van der Waals surface area contributed by atoms with E-state index < -0.39 is 5.82 Å². The van der Waals surface area contributed by atoms with Gasteiger partial charge in [0.15, 0.2) is 0 Å². The van der Waals surface area contributed by atoms with E-state index in [1.807, 2.05) is 25.1 Å². The van der Waals surface area contributed by atoms with Gasteiger partial charge in [-0.15, -0.1) is 0 Å². The Hall–Kier alpha value is -1.45. The number of halogens is 3. The minimum absolute atomic E-state index is 0.119. The zero-order valence-corrected chi connectivity index (χ0v) is 12.5. The fraction of sp³-hybridized carbons (Fsp3) is 0.200. The normalized spacial score (nSPS) is 10.4. The molecule has 2 N–H and O–H groups in total. The van der Waals surface area contributed by atoms with Crippen LogP contribution in [0.5, 0.6) is 0 Å². The van der Waals surface area contributed by atoms with Crippen molar-refractivity contribution >= 4 is 34.6 Å². The number of hydrogen-bond donors (Lipinski definition) is 2. The fourth-order valence-electron chi connectivity index (χ4n) is 1.79. The van der Waals surface area contributed by atoms with Crippen molar-refractivity contribution < 1.29 is 4.39 Å². The summed E-state index contributed by atoms with van der Waals surface area (Å²) in [5, 5.41) is 7.29. The topological polar surface area (TPSA) is 24.1 Å². The van der Waals surface area contributed by atoms with Crippen LogP contribution < -0.4 is 10.6 Å². The van der Waals surface area contributed by atoms with Crippen molar-refractivity contribution in [3.05, 3.63) is 57.8 Å². The summed E-state index contributed by atoms with van der Waals surface area (Å²) in [5.41, 5.74) is 2.94. The number of anilines is 2. The van der Waals surface area contributed by atoms with Crippen LogP contribution in [0.25, 0.3) is 0 Å². The van der Waals surface area contributed by atoms with Gasteiger partial charge in [0.2, 0.25) is 0 Å². The summed E-state index contributed by atoms with van der Waals surface area (Å²) in [6.07, 6.45) is 0. The van der Waals surface area contributed by atoms with Crippen molar-refractivity contribution in [2.24, 2.45) is 0 Å². The average molecular weight is 313 g/mol. The summed E-state index contributed by atoms with van der Waals surface area (Å²) >= 11 is 11.7. The van der Waals surface area contributed by atoms with Gasteiger partial charge < -0.3 is 10.6 Å². The Morgan fingerprint density at radius 2 is 1.75 bits per heavy atom. The van der Waals surface area contributed by atoms with Crippen LogP contribution in [0.15, 0.2) is 36.4 Å². The molecule has 5 heteroatoms. The van der Waals surface area contributed by atoms with Crippen molar-refractivity contribution in [3.8, 4) is 0 Å². The van der Waals surface area contributed by atoms with Crippen molar-refractivity contribution in [3.63, 3.8) is 0 Å². The van der Waals surface area contributed by atoms with Crippen LogP contribution in [0.4, 0.5) is 15.8 Å². The minimum Gasteiger partial charge on any atom is -0.383 e. The Balaban J connectivity index is 1.84. The number of rotatable bonds is 5. The monoisotopic (exact) mass is 312 g/mol. The molecule has 2 rings (SSSR count). The van der Waals surface area contributed by atoms with Gasteiger partial charge in [-0.1, -0.05) is 29.3 Å². The maximum absolute atomic E-state index is 13.0. The summed E-state index contributed by atoms with van der Waals surface area (Å²) < 4.78 is 13.0. The zero-order chi connectivity index (χ0) is 14.5. The van der Waals surface area contributed by atoms with Crippen molar-refractivity contribution in [2.75, 3.05) is 23.7 Å². The predicted molar refractivity (Wildman–Crippen MR) is 84.6 cm³/mol. The molecule has 2 nitrogen and oxygen atoms in total. The molecule has 0 spiro atoms. The van der Waals surface area contributed by atoms with E-state index in [2.05, 4.69) is 10.6 Å². The summed E-state index contributed by atoms with van der Waals surface area (Å²) in [6, 6.07) is 10.3. The number of hydrogen-bond acceptors (Lipinski definition) is 2. The second kappa shape index (κ2) is 6.82. The Morgan fingerprint density at radius 1 is 1.00 bits per heavy atom. The van der Waals surface area contributed by atoms with Crippen molar-refractivity contribution in [1.82, 2.24) is 0 Å². The molecule has 106 valence electrons. The quantitative estimate of drug-likeness (QED) is 0.762. The Bertz CT molecular complexity index is 602. The molecule has 0 saturated carbocycles. The average Bonchev–Trinajstić information content (AvgIpc) is 2.42. The molecule has 0 atom stereocenters. The Morgan fingerprint density at radius 3 is 2.50 bits per heavy atom. The molecule has 0 heterocycles. The van der Waals surface area contributed by atoms with Gasteiger partial charge in [-0.3, -0.25) is 0 Å². The molecule has 0 aliphatic heterocycles. The highest BCUT2D eigenvalue weighted by atomic mass is 35.5. The molecule has 0 saturated heterocycles. The van der Waals surface area contributed by atoms with E-state index in [-0.39, 0.29) is 5.02 Å². The van der Waals surface area contributed by atoms with Crippen LogP contribution in [-0.2, 0) is 0 Å². The first-order valence-corrected chi connectivity index (χ1v) is 7.01. The lowest BCUT2D eigenvalue weighted by atomic mass is 10.2. The predicted octanol–water partition coefficient (Wildman–Crippen LogP) is 4.96. The first-order valence-electron chi connectivity index (χ1n) is 6.25. The van der Waals surface area contributed by atoms with Crippen LogP contribution in [0, 0.1) is 12.7 Å². The molecular formula is C15H15Cl2FN2. The second-order valence-electron chi connectivity index (χ2n) is 4.44. The summed E-state index contributed by atoms with van der Waals surface area (Å²) in [4.78, 5) is 0. The van der Waals surface area contributed by atoms with E-state index in [9.17, 15) is 4.39 Å². The number of nitrogens with one attached hydrogen (secondary N) is 2. The molecule has 0 radical (unpaired) electrons. The number of aryl methyl sites for hydroxylation is 1. The maximum atomic E-state index is 13.0. The highest BCUT2D eigenvalue weighted by Gasteiger charge is 2.01. The third-order valence-electron chi connectivity index (χ3n) is 2.89. The molecule has 0 aromatic heterocycles. The summed E-state index contributed by atoms with van der Waals surface area (Å²) in [5.74, 6) is -0.412. The van der Waals surface area contributed by atoms with Crippen LogP contribution in [-0.4, -0.2) is 13.1 Å². The van der Waals surface area contributed by atoms with Gasteiger partial charge in [0, 0.05) is 29.5 Å². The van der Waals surface area contributed by atoms with Gasteiger partial charge >= 0.3 is 0 Å². The lowest BCUT2D eigenvalue weighted by Crippen LogP contribution is -2.14. The van der Waals surface area contributed by atoms with Gasteiger partial charge in [0.25, 0.3) is 0 Å². The molecule has 2 aromatic carbocycles. The zero-order valence-electron chi connectivity index (χ0n) is 11.0. The van der Waals surface area contributed by atoms with Gasteiger partial charge in [-0.2, -0.15) is 0 Å². The highest BCUT2D eigenvalue weighted by molar-refractivity contribution is 6.31. The van der Waals surface area contributed by atoms with Crippen molar-refractivity contribution in [2.45, 2.75) is 6.92 Å². The van der Waals surface area contributed by atoms with Gasteiger partial charge in [0.05, 0.1) is 5.02 Å². The lowest BCUT2D eigenvalue weighted by Gasteiger charge is -2.11. The summed E-state index contributed by atoms with van der Waals surface area (Å²) in [6.45, 7) is 3.43. The van der Waals surface area contributed by atoms with Crippen LogP contribution in [0.2, 0.25) is 10.0 Å². The van der Waals surface area contributed by atoms with E-state index in [1.54, 1.807) is 12.1 Å². The summed E-state index contributed by atoms with van der Waals surface area (Å²) in [7, 11) is 0. The number of benzene rings is 2. The van der Waals surface area contributed by atoms with Gasteiger partial charge in [-0.05, 0) is 42.8 Å². The van der Waals surface area contributed by atoms with E-state index in [0.717, 1.165) is 23.5 Å². The van der Waals surface area contributed by atoms with Crippen LogP contribution in [0.1, 0.15) is 5.56 Å². The molecule has 0 aliphatic rings.